The third-order valence-corrected chi connectivity index (χ3v) is 2.84. The van der Waals surface area contributed by atoms with Crippen molar-refractivity contribution in [3.05, 3.63) is 0 Å². The molecule has 17 heavy (non-hydrogen) atoms. The lowest BCUT2D eigenvalue weighted by Gasteiger charge is -2.27. The molecule has 102 valence electrons. The third-order valence-electron chi connectivity index (χ3n) is 2.84. The molecule has 1 heterocycles. The Hall–Kier alpha value is -0.330. The molecule has 1 atom stereocenters. The topological polar surface area (TPSA) is 32.7 Å². The molecule has 1 aliphatic heterocycles. The van der Waals surface area contributed by atoms with E-state index in [1.54, 1.807) is 0 Å². The minimum atomic E-state index is -4.23. The highest BCUT2D eigenvalue weighted by Crippen LogP contribution is 2.30. The van der Waals surface area contributed by atoms with Crippen LogP contribution >= 0.6 is 0 Å². The monoisotopic (exact) mass is 255 g/mol. The Morgan fingerprint density at radius 3 is 2.47 bits per heavy atom. The molecular formula is C11H20F3NO2. The molecule has 1 fully saturated rings. The standard InChI is InChI=1S/C11H20F3NO2/c1-10(2)4-3-9(17-10)7-15(5-6-16)8-11(12,13)14/h9,16H,3-8H2,1-2H3. The summed E-state index contributed by atoms with van der Waals surface area (Å²) < 4.78 is 42.5. The lowest BCUT2D eigenvalue weighted by atomic mass is 10.1. The van der Waals surface area contributed by atoms with Crippen LogP contribution in [0.4, 0.5) is 13.2 Å². The SMILES string of the molecule is CC1(C)CCC(CN(CCO)CC(F)(F)F)O1. The molecule has 1 rings (SSSR count). The van der Waals surface area contributed by atoms with Crippen molar-refractivity contribution in [3.63, 3.8) is 0 Å². The van der Waals surface area contributed by atoms with Crippen LogP contribution < -0.4 is 0 Å². The largest absolute Gasteiger partial charge is 0.401 e. The van der Waals surface area contributed by atoms with Gasteiger partial charge in [0.05, 0.1) is 24.9 Å². The number of aliphatic hydroxyl groups is 1. The van der Waals surface area contributed by atoms with E-state index in [-0.39, 0.29) is 31.4 Å². The van der Waals surface area contributed by atoms with Gasteiger partial charge in [-0.2, -0.15) is 13.2 Å². The molecule has 0 aliphatic carbocycles. The van der Waals surface area contributed by atoms with Gasteiger partial charge in [-0.15, -0.1) is 0 Å². The second-order valence-electron chi connectivity index (χ2n) is 5.11. The fourth-order valence-electron chi connectivity index (χ4n) is 2.12. The average molecular weight is 255 g/mol. The van der Waals surface area contributed by atoms with Crippen LogP contribution in [0.15, 0.2) is 0 Å². The van der Waals surface area contributed by atoms with E-state index in [0.717, 1.165) is 12.8 Å². The zero-order chi connectivity index (χ0) is 13.1. The smallest absolute Gasteiger partial charge is 0.395 e. The molecule has 1 aliphatic rings. The van der Waals surface area contributed by atoms with E-state index in [4.69, 9.17) is 9.84 Å². The Morgan fingerprint density at radius 2 is 2.06 bits per heavy atom. The van der Waals surface area contributed by atoms with E-state index in [2.05, 4.69) is 0 Å². The van der Waals surface area contributed by atoms with E-state index in [9.17, 15) is 13.2 Å². The van der Waals surface area contributed by atoms with Crippen LogP contribution in [0, 0.1) is 0 Å². The molecular weight excluding hydrogens is 235 g/mol. The Balaban J connectivity index is 2.44. The predicted molar refractivity (Wildman–Crippen MR) is 57.8 cm³/mol. The molecule has 1 unspecified atom stereocenters. The summed E-state index contributed by atoms with van der Waals surface area (Å²) in [5.41, 5.74) is -0.242. The maximum absolute atomic E-state index is 12.3. The first kappa shape index (κ1) is 14.7. The van der Waals surface area contributed by atoms with Crippen molar-refractivity contribution in [1.29, 1.82) is 0 Å². The highest BCUT2D eigenvalue weighted by molar-refractivity contribution is 4.83. The van der Waals surface area contributed by atoms with Gasteiger partial charge in [0.25, 0.3) is 0 Å². The predicted octanol–water partition coefficient (Wildman–Crippen LogP) is 1.80. The van der Waals surface area contributed by atoms with E-state index in [1.165, 1.54) is 4.90 Å². The Bertz CT molecular complexity index is 243. The molecule has 1 saturated heterocycles. The van der Waals surface area contributed by atoms with Gasteiger partial charge < -0.3 is 9.84 Å². The summed E-state index contributed by atoms with van der Waals surface area (Å²) in [6.45, 7) is 2.86. The molecule has 6 heteroatoms. The van der Waals surface area contributed by atoms with Crippen molar-refractivity contribution < 1.29 is 23.0 Å². The van der Waals surface area contributed by atoms with Gasteiger partial charge in [-0.05, 0) is 26.7 Å². The van der Waals surface area contributed by atoms with Gasteiger partial charge in [0, 0.05) is 13.1 Å². The minimum absolute atomic E-state index is 0.0276. The summed E-state index contributed by atoms with van der Waals surface area (Å²) in [5, 5.41) is 8.76. The molecule has 0 aromatic carbocycles. The van der Waals surface area contributed by atoms with E-state index in [1.807, 2.05) is 13.8 Å². The lowest BCUT2D eigenvalue weighted by molar-refractivity contribution is -0.151. The molecule has 0 saturated carbocycles. The summed E-state index contributed by atoms with van der Waals surface area (Å²) in [6.07, 6.45) is -2.77. The molecule has 0 spiro atoms. The highest BCUT2D eigenvalue weighted by Gasteiger charge is 2.35. The van der Waals surface area contributed by atoms with Crippen molar-refractivity contribution in [2.24, 2.45) is 0 Å². The number of rotatable bonds is 5. The fourth-order valence-corrected chi connectivity index (χ4v) is 2.12. The molecule has 0 amide bonds. The molecule has 0 bridgehead atoms. The number of nitrogens with zero attached hydrogens (tertiary/aromatic N) is 1. The molecule has 0 radical (unpaired) electrons. The second-order valence-corrected chi connectivity index (χ2v) is 5.11. The van der Waals surface area contributed by atoms with Crippen LogP contribution in [0.25, 0.3) is 0 Å². The van der Waals surface area contributed by atoms with Gasteiger partial charge in [-0.25, -0.2) is 0 Å². The zero-order valence-electron chi connectivity index (χ0n) is 10.3. The molecule has 0 aromatic heterocycles. The van der Waals surface area contributed by atoms with Crippen molar-refractivity contribution in [2.75, 3.05) is 26.2 Å². The summed E-state index contributed by atoms with van der Waals surface area (Å²) >= 11 is 0. The maximum Gasteiger partial charge on any atom is 0.401 e. The highest BCUT2D eigenvalue weighted by atomic mass is 19.4. The number of ether oxygens (including phenoxy) is 1. The van der Waals surface area contributed by atoms with Gasteiger partial charge in [0.2, 0.25) is 0 Å². The van der Waals surface area contributed by atoms with Crippen LogP contribution in [0.3, 0.4) is 0 Å². The van der Waals surface area contributed by atoms with Crippen LogP contribution in [-0.2, 0) is 4.74 Å². The fraction of sp³-hybridized carbons (Fsp3) is 1.00. The normalized spacial score (nSPS) is 24.5. The number of hydrogen-bond donors (Lipinski definition) is 1. The molecule has 0 aromatic rings. The van der Waals surface area contributed by atoms with E-state index >= 15 is 0 Å². The molecule has 3 nitrogen and oxygen atoms in total. The van der Waals surface area contributed by atoms with Crippen LogP contribution in [0.5, 0.6) is 0 Å². The Morgan fingerprint density at radius 1 is 1.41 bits per heavy atom. The van der Waals surface area contributed by atoms with Crippen molar-refractivity contribution in [3.8, 4) is 0 Å². The zero-order valence-corrected chi connectivity index (χ0v) is 10.3. The first-order valence-electron chi connectivity index (χ1n) is 5.80. The average Bonchev–Trinajstić information content (AvgIpc) is 2.42. The quantitative estimate of drug-likeness (QED) is 0.813. The number of halogens is 3. The summed E-state index contributed by atoms with van der Waals surface area (Å²) in [6, 6.07) is 0. The minimum Gasteiger partial charge on any atom is -0.395 e. The van der Waals surface area contributed by atoms with Crippen LogP contribution in [0.2, 0.25) is 0 Å². The number of hydrogen-bond acceptors (Lipinski definition) is 3. The summed E-state index contributed by atoms with van der Waals surface area (Å²) in [4.78, 5) is 1.20. The Labute approximate surface area is 99.5 Å². The number of aliphatic hydroxyl groups excluding tert-OH is 1. The van der Waals surface area contributed by atoms with Gasteiger partial charge in [0.15, 0.2) is 0 Å². The third kappa shape index (κ3) is 5.70. The number of alkyl halides is 3. The van der Waals surface area contributed by atoms with E-state index in [0.29, 0.717) is 0 Å². The molecule has 1 N–H and O–H groups in total. The van der Waals surface area contributed by atoms with Crippen LogP contribution in [-0.4, -0.2) is 54.1 Å². The van der Waals surface area contributed by atoms with Gasteiger partial charge >= 0.3 is 6.18 Å². The van der Waals surface area contributed by atoms with Crippen molar-refractivity contribution >= 4 is 0 Å². The lowest BCUT2D eigenvalue weighted by Crippen LogP contribution is -2.41. The first-order valence-corrected chi connectivity index (χ1v) is 5.80. The van der Waals surface area contributed by atoms with Crippen LogP contribution in [0.1, 0.15) is 26.7 Å². The van der Waals surface area contributed by atoms with Gasteiger partial charge in [-0.1, -0.05) is 0 Å². The van der Waals surface area contributed by atoms with Crippen molar-refractivity contribution in [1.82, 2.24) is 4.90 Å². The summed E-state index contributed by atoms with van der Waals surface area (Å²) in [5.74, 6) is 0. The van der Waals surface area contributed by atoms with E-state index < -0.39 is 12.7 Å². The van der Waals surface area contributed by atoms with Crippen molar-refractivity contribution in [2.45, 2.75) is 44.6 Å². The second kappa shape index (κ2) is 5.54. The first-order chi connectivity index (χ1) is 7.72. The summed E-state index contributed by atoms with van der Waals surface area (Å²) in [7, 11) is 0. The Kier molecular flexibility index (Phi) is 4.80. The van der Waals surface area contributed by atoms with Gasteiger partial charge in [-0.3, -0.25) is 4.90 Å². The van der Waals surface area contributed by atoms with Gasteiger partial charge in [0.1, 0.15) is 0 Å². The maximum atomic E-state index is 12.3.